The Balaban J connectivity index is 2.21. The summed E-state index contributed by atoms with van der Waals surface area (Å²) < 4.78 is 12.7. The van der Waals surface area contributed by atoms with Crippen LogP contribution in [0.25, 0.3) is 0 Å². The molecule has 0 fully saturated rings. The van der Waals surface area contributed by atoms with Crippen LogP contribution in [0.2, 0.25) is 5.02 Å². The van der Waals surface area contributed by atoms with Gasteiger partial charge in [0.15, 0.2) is 5.78 Å². The zero-order chi connectivity index (χ0) is 13.1. The van der Waals surface area contributed by atoms with E-state index in [0.29, 0.717) is 16.3 Å². The Morgan fingerprint density at radius 2 is 1.83 bits per heavy atom. The van der Waals surface area contributed by atoms with E-state index in [1.807, 2.05) is 0 Å². The van der Waals surface area contributed by atoms with Crippen LogP contribution in [-0.2, 0) is 6.42 Å². The van der Waals surface area contributed by atoms with Crippen LogP contribution in [0.5, 0.6) is 0 Å². The number of benzene rings is 2. The first-order valence-electron chi connectivity index (χ1n) is 5.39. The lowest BCUT2D eigenvalue weighted by atomic mass is 10.0. The van der Waals surface area contributed by atoms with Gasteiger partial charge in [-0.15, -0.1) is 0 Å². The minimum atomic E-state index is -0.326. The predicted octanol–water partition coefficient (Wildman–Crippen LogP) is 3.49. The summed E-state index contributed by atoms with van der Waals surface area (Å²) >= 11 is 5.95. The topological polar surface area (TPSA) is 43.1 Å². The summed E-state index contributed by atoms with van der Waals surface area (Å²) in [4.78, 5) is 12.0. The summed E-state index contributed by atoms with van der Waals surface area (Å²) in [5.74, 6) is -0.466. The standard InChI is InChI=1S/C14H11ClFNO/c15-13-6-5-11(17)8-12(13)14(18)7-9-1-3-10(16)4-2-9/h1-6,8H,7,17H2. The first-order chi connectivity index (χ1) is 8.56. The normalized spacial score (nSPS) is 10.3. The molecule has 0 atom stereocenters. The van der Waals surface area contributed by atoms with Gasteiger partial charge >= 0.3 is 0 Å². The van der Waals surface area contributed by atoms with Crippen molar-refractivity contribution in [3.05, 3.63) is 64.4 Å². The number of ketones is 1. The Kier molecular flexibility index (Phi) is 3.63. The third-order valence-corrected chi connectivity index (χ3v) is 2.90. The second kappa shape index (κ2) is 5.19. The first kappa shape index (κ1) is 12.6. The highest BCUT2D eigenvalue weighted by molar-refractivity contribution is 6.34. The van der Waals surface area contributed by atoms with Gasteiger partial charge in [0.05, 0.1) is 5.02 Å². The Morgan fingerprint density at radius 1 is 1.17 bits per heavy atom. The Morgan fingerprint density at radius 3 is 2.50 bits per heavy atom. The van der Waals surface area contributed by atoms with Gasteiger partial charge < -0.3 is 5.73 Å². The molecule has 0 saturated carbocycles. The van der Waals surface area contributed by atoms with Gasteiger partial charge in [-0.05, 0) is 35.9 Å². The predicted molar refractivity (Wildman–Crippen MR) is 70.3 cm³/mol. The van der Waals surface area contributed by atoms with Crippen molar-refractivity contribution < 1.29 is 9.18 Å². The van der Waals surface area contributed by atoms with Crippen LogP contribution in [0, 0.1) is 5.82 Å². The monoisotopic (exact) mass is 263 g/mol. The molecule has 0 aliphatic carbocycles. The fraction of sp³-hybridized carbons (Fsp3) is 0.0714. The molecule has 0 unspecified atom stereocenters. The molecular weight excluding hydrogens is 253 g/mol. The molecule has 0 spiro atoms. The fourth-order valence-electron chi connectivity index (χ4n) is 1.64. The molecular formula is C14H11ClFNO. The second-order valence-electron chi connectivity index (χ2n) is 3.97. The maximum atomic E-state index is 12.7. The van der Waals surface area contributed by atoms with Gasteiger partial charge in [0, 0.05) is 17.7 Å². The molecule has 0 aliphatic rings. The minimum Gasteiger partial charge on any atom is -0.399 e. The van der Waals surface area contributed by atoms with E-state index in [-0.39, 0.29) is 18.0 Å². The molecule has 0 aliphatic heterocycles. The van der Waals surface area contributed by atoms with Crippen LogP contribution >= 0.6 is 11.6 Å². The lowest BCUT2D eigenvalue weighted by molar-refractivity contribution is 0.0993. The number of hydrogen-bond donors (Lipinski definition) is 1. The van der Waals surface area contributed by atoms with Crippen molar-refractivity contribution in [2.75, 3.05) is 5.73 Å². The molecule has 4 heteroatoms. The maximum Gasteiger partial charge on any atom is 0.168 e. The molecule has 92 valence electrons. The highest BCUT2D eigenvalue weighted by Gasteiger charge is 2.11. The molecule has 2 N–H and O–H groups in total. The minimum absolute atomic E-state index is 0.140. The number of halogens is 2. The van der Waals surface area contributed by atoms with Crippen molar-refractivity contribution >= 4 is 23.1 Å². The van der Waals surface area contributed by atoms with Crippen LogP contribution in [0.3, 0.4) is 0 Å². The summed E-state index contributed by atoms with van der Waals surface area (Å²) in [6.07, 6.45) is 0.170. The van der Waals surface area contributed by atoms with Gasteiger partial charge in [-0.1, -0.05) is 23.7 Å². The second-order valence-corrected chi connectivity index (χ2v) is 4.37. The molecule has 0 radical (unpaired) electrons. The first-order valence-corrected chi connectivity index (χ1v) is 5.77. The SMILES string of the molecule is Nc1ccc(Cl)c(C(=O)Cc2ccc(F)cc2)c1. The number of nitrogen functional groups attached to an aromatic ring is 1. The highest BCUT2D eigenvalue weighted by atomic mass is 35.5. The summed E-state index contributed by atoms with van der Waals surface area (Å²) in [6, 6.07) is 10.6. The van der Waals surface area contributed by atoms with Crippen molar-refractivity contribution in [3.8, 4) is 0 Å². The van der Waals surface area contributed by atoms with Gasteiger partial charge in [0.2, 0.25) is 0 Å². The molecule has 0 heterocycles. The third-order valence-electron chi connectivity index (χ3n) is 2.57. The molecule has 2 rings (SSSR count). The van der Waals surface area contributed by atoms with E-state index in [1.54, 1.807) is 30.3 Å². The van der Waals surface area contributed by atoms with Crippen LogP contribution < -0.4 is 5.73 Å². The van der Waals surface area contributed by atoms with E-state index < -0.39 is 0 Å². The quantitative estimate of drug-likeness (QED) is 0.680. The number of nitrogens with two attached hydrogens (primary N) is 1. The number of carbonyl (C=O) groups is 1. The molecule has 0 saturated heterocycles. The number of carbonyl (C=O) groups excluding carboxylic acids is 1. The van der Waals surface area contributed by atoms with E-state index in [1.165, 1.54) is 12.1 Å². The summed E-state index contributed by atoms with van der Waals surface area (Å²) in [5, 5.41) is 0.372. The Labute approximate surface area is 109 Å². The van der Waals surface area contributed by atoms with Crippen molar-refractivity contribution in [3.63, 3.8) is 0 Å². The average molecular weight is 264 g/mol. The third kappa shape index (κ3) is 2.87. The van der Waals surface area contributed by atoms with E-state index in [2.05, 4.69) is 0 Å². The maximum absolute atomic E-state index is 12.7. The number of rotatable bonds is 3. The van der Waals surface area contributed by atoms with Crippen molar-refractivity contribution in [2.45, 2.75) is 6.42 Å². The van der Waals surface area contributed by atoms with E-state index in [9.17, 15) is 9.18 Å². The zero-order valence-corrected chi connectivity index (χ0v) is 10.2. The summed E-state index contributed by atoms with van der Waals surface area (Å²) in [6.45, 7) is 0. The van der Waals surface area contributed by atoms with E-state index in [4.69, 9.17) is 17.3 Å². The van der Waals surface area contributed by atoms with E-state index in [0.717, 1.165) is 5.56 Å². The molecule has 0 bridgehead atoms. The number of Topliss-reactive ketones (excluding diaryl/α,β-unsaturated/α-hetero) is 1. The van der Waals surface area contributed by atoms with Crippen molar-refractivity contribution in [1.82, 2.24) is 0 Å². The number of anilines is 1. The lowest BCUT2D eigenvalue weighted by Gasteiger charge is -2.05. The molecule has 0 amide bonds. The lowest BCUT2D eigenvalue weighted by Crippen LogP contribution is -2.05. The van der Waals surface area contributed by atoms with Gasteiger partial charge in [-0.25, -0.2) is 4.39 Å². The Hall–Kier alpha value is -1.87. The molecule has 18 heavy (non-hydrogen) atoms. The molecule has 0 aromatic heterocycles. The van der Waals surface area contributed by atoms with Crippen LogP contribution in [0.15, 0.2) is 42.5 Å². The van der Waals surface area contributed by atoms with Crippen LogP contribution in [0.4, 0.5) is 10.1 Å². The van der Waals surface area contributed by atoms with Gasteiger partial charge in [0.25, 0.3) is 0 Å². The van der Waals surface area contributed by atoms with E-state index >= 15 is 0 Å². The highest BCUT2D eigenvalue weighted by Crippen LogP contribution is 2.20. The largest absolute Gasteiger partial charge is 0.399 e. The van der Waals surface area contributed by atoms with Crippen LogP contribution in [-0.4, -0.2) is 5.78 Å². The van der Waals surface area contributed by atoms with Crippen molar-refractivity contribution in [1.29, 1.82) is 0 Å². The average Bonchev–Trinajstić information content (AvgIpc) is 2.35. The van der Waals surface area contributed by atoms with Crippen LogP contribution in [0.1, 0.15) is 15.9 Å². The number of hydrogen-bond acceptors (Lipinski definition) is 2. The molecule has 2 nitrogen and oxygen atoms in total. The summed E-state index contributed by atoms with van der Waals surface area (Å²) in [7, 11) is 0. The smallest absolute Gasteiger partial charge is 0.168 e. The summed E-state index contributed by atoms with van der Waals surface area (Å²) in [5.41, 5.74) is 7.23. The van der Waals surface area contributed by atoms with Gasteiger partial charge in [-0.3, -0.25) is 4.79 Å². The zero-order valence-electron chi connectivity index (χ0n) is 9.49. The molecule has 2 aromatic rings. The van der Waals surface area contributed by atoms with Gasteiger partial charge in [0.1, 0.15) is 5.82 Å². The fourth-order valence-corrected chi connectivity index (χ4v) is 1.86. The van der Waals surface area contributed by atoms with Crippen molar-refractivity contribution in [2.24, 2.45) is 0 Å². The Bertz CT molecular complexity index is 581. The molecule has 2 aromatic carbocycles. The van der Waals surface area contributed by atoms with Gasteiger partial charge in [-0.2, -0.15) is 0 Å².